The molecule has 0 heterocycles. The van der Waals surface area contributed by atoms with E-state index >= 15 is 4.79 Å². The van der Waals surface area contributed by atoms with Crippen molar-refractivity contribution in [3.05, 3.63) is 248 Å². The molecule has 8 aromatic rings. The van der Waals surface area contributed by atoms with Gasteiger partial charge in [-0.2, -0.15) is 0 Å². The van der Waals surface area contributed by atoms with Gasteiger partial charge >= 0.3 is 315 Å². The maximum atomic E-state index is 16.0. The normalized spacial score (nSPS) is 13.1. The second-order valence-electron chi connectivity index (χ2n) is 13.6. The fraction of sp³-hybridized carbons (Fsp3) is 0.0200. The van der Waals surface area contributed by atoms with Crippen LogP contribution >= 0.6 is 12.6 Å². The van der Waals surface area contributed by atoms with Crippen molar-refractivity contribution in [3.8, 4) is 0 Å². The first-order chi connectivity index (χ1) is 26.2. The Morgan fingerprint density at radius 1 is 0.283 bits per heavy atom. The summed E-state index contributed by atoms with van der Waals surface area (Å²) in [5.41, 5.74) is 0.711. The molecule has 0 aromatic heterocycles. The van der Waals surface area contributed by atoms with Crippen molar-refractivity contribution < 1.29 is 4.79 Å². The number of Topliss-reactive ketones (excluding diaryl/α,β-unsaturated/α-hetero) is 1. The van der Waals surface area contributed by atoms with Gasteiger partial charge in [-0.1, -0.05) is 0 Å². The summed E-state index contributed by atoms with van der Waals surface area (Å²) in [4.78, 5) is 16.0. The van der Waals surface area contributed by atoms with Crippen LogP contribution in [0.15, 0.2) is 243 Å². The van der Waals surface area contributed by atoms with E-state index in [0.29, 0.717) is 5.56 Å². The van der Waals surface area contributed by atoms with Crippen LogP contribution in [0.25, 0.3) is 0 Å². The van der Waals surface area contributed by atoms with Gasteiger partial charge in [0.2, 0.25) is 0 Å². The Kier molecular flexibility index (Phi) is 9.10. The molecule has 0 amide bonds. The Bertz CT molecular complexity index is 2150. The fourth-order valence-corrected chi connectivity index (χ4v) is 37.0. The third kappa shape index (κ3) is 4.61. The summed E-state index contributed by atoms with van der Waals surface area (Å²) in [6.07, 6.45) is -8.52. The molecular weight excluding hydrogens is 678 g/mol. The minimum absolute atomic E-state index is 0.118. The number of ketones is 1. The molecule has 0 unspecified atom stereocenters. The number of hydrogen-bond donors (Lipinski definition) is 0. The zero-order chi connectivity index (χ0) is 36.1. The predicted molar refractivity (Wildman–Crippen MR) is 232 cm³/mol. The van der Waals surface area contributed by atoms with Gasteiger partial charge in [0.05, 0.1) is 0 Å². The van der Waals surface area contributed by atoms with Crippen molar-refractivity contribution in [3.63, 3.8) is 0 Å². The topological polar surface area (TPSA) is 17.1 Å². The third-order valence-corrected chi connectivity index (χ3v) is 34.1. The number of benzene rings is 8. The van der Waals surface area contributed by atoms with Crippen molar-refractivity contribution in [1.29, 1.82) is 0 Å². The summed E-state index contributed by atoms with van der Waals surface area (Å²) in [5.74, 6) is 0.118. The molecule has 0 fully saturated rings. The van der Waals surface area contributed by atoms with Crippen LogP contribution in [0.4, 0.5) is 0 Å². The Balaban J connectivity index is 1.86. The van der Waals surface area contributed by atoms with Gasteiger partial charge in [0.15, 0.2) is 0 Å². The molecule has 1 nitrogen and oxygen atoms in total. The molecule has 0 atom stereocenters. The Morgan fingerprint density at radius 3 is 0.736 bits per heavy atom. The summed E-state index contributed by atoms with van der Waals surface area (Å²) >= 11 is 0. The van der Waals surface area contributed by atoms with Gasteiger partial charge in [-0.25, -0.2) is 0 Å². The standard InChI is InChI=1S/C50H42OP2/c51-50(42-25-9-1-10-26-42)41-52(43-27-11-2-12-28-43,44-29-13-3-14-30-44,45-31-15-4-16-32-45)53(46-33-17-5-18-34-46,47-35-19-6-20-36-47,48-37-21-7-22-38-48)49-39-23-8-24-40-49/h1-40H,41H2. The van der Waals surface area contributed by atoms with Gasteiger partial charge in [-0.15, -0.1) is 0 Å². The molecule has 0 aliphatic heterocycles. The molecule has 0 saturated heterocycles. The van der Waals surface area contributed by atoms with Gasteiger partial charge in [-0.05, 0) is 0 Å². The van der Waals surface area contributed by atoms with Crippen LogP contribution in [-0.4, -0.2) is 11.9 Å². The van der Waals surface area contributed by atoms with Crippen molar-refractivity contribution in [2.24, 2.45) is 0 Å². The molecule has 0 aliphatic carbocycles. The van der Waals surface area contributed by atoms with E-state index in [4.69, 9.17) is 0 Å². The van der Waals surface area contributed by atoms with E-state index in [1.807, 2.05) is 30.3 Å². The van der Waals surface area contributed by atoms with E-state index in [1.165, 1.54) is 37.1 Å². The van der Waals surface area contributed by atoms with Crippen LogP contribution in [-0.2, 0) is 0 Å². The van der Waals surface area contributed by atoms with E-state index < -0.39 is 12.6 Å². The van der Waals surface area contributed by atoms with Crippen molar-refractivity contribution >= 4 is 55.5 Å². The molecule has 8 rings (SSSR count). The molecule has 8 aromatic carbocycles. The molecule has 0 spiro atoms. The molecule has 0 aliphatic rings. The molecule has 0 radical (unpaired) electrons. The van der Waals surface area contributed by atoms with Crippen molar-refractivity contribution in [1.82, 2.24) is 0 Å². The van der Waals surface area contributed by atoms with Gasteiger partial charge < -0.3 is 0 Å². The summed E-state index contributed by atoms with van der Waals surface area (Å²) in [6.45, 7) is 0. The monoisotopic (exact) mass is 720 g/mol. The molecule has 53 heavy (non-hydrogen) atoms. The number of carbonyl (C=O) groups excluding carboxylic acids is 1. The van der Waals surface area contributed by atoms with E-state index in [-0.39, 0.29) is 11.9 Å². The number of carbonyl (C=O) groups is 1. The molecule has 258 valence electrons. The third-order valence-electron chi connectivity index (χ3n) is 11.4. The van der Waals surface area contributed by atoms with Gasteiger partial charge in [0.25, 0.3) is 0 Å². The van der Waals surface area contributed by atoms with E-state index in [1.54, 1.807) is 0 Å². The fourth-order valence-electron chi connectivity index (χ4n) is 9.58. The van der Waals surface area contributed by atoms with Crippen LogP contribution in [0.3, 0.4) is 0 Å². The zero-order valence-electron chi connectivity index (χ0n) is 29.6. The summed E-state index contributed by atoms with van der Waals surface area (Å²) in [7, 11) is 0. The summed E-state index contributed by atoms with van der Waals surface area (Å²) < 4.78 is 0. The SMILES string of the molecule is O=C(CP(c1ccccc1)(c1ccccc1)(c1ccccc1)P(c1ccccc1)(c1ccccc1)(c1ccccc1)c1ccccc1)c1ccccc1. The first-order valence-corrected chi connectivity index (χ1v) is 23.5. The molecule has 0 N–H and O–H groups in total. The summed E-state index contributed by atoms with van der Waals surface area (Å²) in [6, 6.07) is 88.1. The van der Waals surface area contributed by atoms with Crippen LogP contribution in [0.2, 0.25) is 0 Å². The summed E-state index contributed by atoms with van der Waals surface area (Å²) in [5, 5.41) is 8.42. The average molecular weight is 721 g/mol. The van der Waals surface area contributed by atoms with Crippen molar-refractivity contribution in [2.75, 3.05) is 6.16 Å². The van der Waals surface area contributed by atoms with Crippen LogP contribution in [0, 0.1) is 0 Å². The second-order valence-corrected chi connectivity index (χ2v) is 27.2. The molecule has 3 heteroatoms. The second kappa shape index (κ2) is 14.0. The van der Waals surface area contributed by atoms with Gasteiger partial charge in [0, 0.05) is 0 Å². The molecular formula is C50H42OP2. The molecule has 0 saturated carbocycles. The number of rotatable bonds is 11. The zero-order valence-corrected chi connectivity index (χ0v) is 31.4. The van der Waals surface area contributed by atoms with E-state index in [9.17, 15) is 0 Å². The van der Waals surface area contributed by atoms with E-state index in [2.05, 4.69) is 212 Å². The Morgan fingerprint density at radius 2 is 0.491 bits per heavy atom. The first kappa shape index (κ1) is 34.4. The Hall–Kier alpha value is -5.71. The minimum atomic E-state index is -4.41. The van der Waals surface area contributed by atoms with Gasteiger partial charge in [0.1, 0.15) is 0 Å². The Labute approximate surface area is 313 Å². The average Bonchev–Trinajstić information content (AvgIpc) is 3.26. The quantitative estimate of drug-likeness (QED) is 0.0963. The van der Waals surface area contributed by atoms with Crippen LogP contribution in [0.5, 0.6) is 0 Å². The first-order valence-electron chi connectivity index (χ1n) is 18.2. The maximum absolute atomic E-state index is 16.0. The predicted octanol–water partition coefficient (Wildman–Crippen LogP) is 9.17. The molecule has 0 bridgehead atoms. The van der Waals surface area contributed by atoms with Crippen molar-refractivity contribution in [2.45, 2.75) is 0 Å². The van der Waals surface area contributed by atoms with Crippen LogP contribution in [0.1, 0.15) is 10.4 Å². The van der Waals surface area contributed by atoms with E-state index in [0.717, 1.165) is 0 Å². The van der Waals surface area contributed by atoms with Gasteiger partial charge in [-0.3, -0.25) is 0 Å². The number of hydrogen-bond acceptors (Lipinski definition) is 1. The van der Waals surface area contributed by atoms with Crippen LogP contribution < -0.4 is 37.1 Å².